The van der Waals surface area contributed by atoms with E-state index in [0.717, 1.165) is 56.1 Å². The molecule has 1 atom stereocenters. The van der Waals surface area contributed by atoms with Crippen LogP contribution in [0.5, 0.6) is 11.5 Å². The first-order valence-corrected chi connectivity index (χ1v) is 9.54. The van der Waals surface area contributed by atoms with Gasteiger partial charge in [-0.05, 0) is 31.4 Å². The van der Waals surface area contributed by atoms with Gasteiger partial charge in [-0.2, -0.15) is 5.10 Å². The highest BCUT2D eigenvalue weighted by atomic mass is 16.6. The van der Waals surface area contributed by atoms with Crippen molar-refractivity contribution in [2.24, 2.45) is 0 Å². The van der Waals surface area contributed by atoms with E-state index in [1.807, 2.05) is 23.1 Å². The van der Waals surface area contributed by atoms with Gasteiger partial charge in [-0.15, -0.1) is 0 Å². The number of ether oxygens (including phenoxy) is 2. The topological polar surface area (TPSA) is 81.5 Å². The molecular weight excluding hydrogens is 346 g/mol. The minimum absolute atomic E-state index is 0.212. The molecule has 0 radical (unpaired) electrons. The summed E-state index contributed by atoms with van der Waals surface area (Å²) in [5.41, 5.74) is 1.00. The van der Waals surface area contributed by atoms with E-state index in [-0.39, 0.29) is 11.9 Å². The lowest BCUT2D eigenvalue weighted by Gasteiger charge is -2.34. The molecule has 2 aromatic rings. The largest absolute Gasteiger partial charge is 0.486 e. The van der Waals surface area contributed by atoms with Gasteiger partial charge < -0.3 is 19.7 Å². The number of nitrogens with one attached hydrogen (secondary N) is 1. The molecule has 1 amide bonds. The van der Waals surface area contributed by atoms with Crippen LogP contribution in [0.1, 0.15) is 25.7 Å². The monoisotopic (exact) mass is 371 g/mol. The van der Waals surface area contributed by atoms with E-state index >= 15 is 0 Å². The third-order valence-electron chi connectivity index (χ3n) is 4.93. The molecule has 0 spiro atoms. The number of piperidine rings is 1. The van der Waals surface area contributed by atoms with Gasteiger partial charge in [-0.25, -0.2) is 4.98 Å². The third-order valence-corrected chi connectivity index (χ3v) is 4.93. The Kier molecular flexibility index (Phi) is 5.41. The lowest BCUT2D eigenvalue weighted by Crippen LogP contribution is -2.45. The fourth-order valence-electron chi connectivity index (χ4n) is 3.59. The lowest BCUT2D eigenvalue weighted by molar-refractivity contribution is -0.132. The Morgan fingerprint density at radius 2 is 2.15 bits per heavy atom. The summed E-state index contributed by atoms with van der Waals surface area (Å²) in [6.45, 7) is 3.46. The molecule has 144 valence electrons. The third kappa shape index (κ3) is 4.50. The minimum Gasteiger partial charge on any atom is -0.486 e. The van der Waals surface area contributed by atoms with Gasteiger partial charge in [0, 0.05) is 43.9 Å². The van der Waals surface area contributed by atoms with Crippen molar-refractivity contribution in [3.63, 3.8) is 0 Å². The highest BCUT2D eigenvalue weighted by Crippen LogP contribution is 2.33. The van der Waals surface area contributed by atoms with Gasteiger partial charge in [0.25, 0.3) is 0 Å². The number of carbonyl (C=O) groups is 1. The minimum atomic E-state index is 0.212. The van der Waals surface area contributed by atoms with E-state index in [1.165, 1.54) is 6.33 Å². The predicted molar refractivity (Wildman–Crippen MR) is 99.9 cm³/mol. The van der Waals surface area contributed by atoms with Crippen molar-refractivity contribution in [1.29, 1.82) is 0 Å². The second-order valence-electron chi connectivity index (χ2n) is 6.94. The van der Waals surface area contributed by atoms with Crippen molar-refractivity contribution >= 4 is 11.6 Å². The molecule has 2 aliphatic heterocycles. The van der Waals surface area contributed by atoms with E-state index in [0.29, 0.717) is 19.6 Å². The molecule has 1 saturated heterocycles. The Labute approximate surface area is 158 Å². The quantitative estimate of drug-likeness (QED) is 0.836. The molecule has 27 heavy (non-hydrogen) atoms. The van der Waals surface area contributed by atoms with Crippen LogP contribution in [0.15, 0.2) is 30.9 Å². The number of amides is 1. The predicted octanol–water partition coefficient (Wildman–Crippen LogP) is 1.93. The Morgan fingerprint density at radius 3 is 3.00 bits per heavy atom. The standard InChI is InChI=1S/C19H25N5O3/c25-19(4-2-8-24-14-20-13-21-24)23-7-1-3-16(12-23)22-15-5-6-17-18(11-15)27-10-9-26-17/h5-6,11,13-14,16,22H,1-4,7-10,12H2. The molecule has 1 aromatic carbocycles. The second kappa shape index (κ2) is 8.28. The SMILES string of the molecule is O=C(CCCn1cncn1)N1CCCC(Nc2ccc3c(c2)OCCO3)C1. The highest BCUT2D eigenvalue weighted by molar-refractivity contribution is 5.76. The Morgan fingerprint density at radius 1 is 1.26 bits per heavy atom. The summed E-state index contributed by atoms with van der Waals surface area (Å²) in [6, 6.07) is 6.17. The summed E-state index contributed by atoms with van der Waals surface area (Å²) in [7, 11) is 0. The van der Waals surface area contributed by atoms with Crippen LogP contribution < -0.4 is 14.8 Å². The molecule has 1 aromatic heterocycles. The molecule has 3 heterocycles. The first kappa shape index (κ1) is 17.6. The average Bonchev–Trinajstić information content (AvgIpc) is 3.21. The molecule has 0 aliphatic carbocycles. The van der Waals surface area contributed by atoms with E-state index in [9.17, 15) is 4.79 Å². The zero-order chi connectivity index (χ0) is 18.5. The normalized spacial score (nSPS) is 19.0. The molecule has 2 aliphatic rings. The van der Waals surface area contributed by atoms with Crippen LogP contribution >= 0.6 is 0 Å². The average molecular weight is 371 g/mol. The Bertz CT molecular complexity index is 765. The van der Waals surface area contributed by atoms with E-state index in [2.05, 4.69) is 15.4 Å². The molecule has 4 rings (SSSR count). The number of aromatic nitrogens is 3. The summed E-state index contributed by atoms with van der Waals surface area (Å²) in [6.07, 6.45) is 6.57. The fraction of sp³-hybridized carbons (Fsp3) is 0.526. The Hall–Kier alpha value is -2.77. The number of likely N-dealkylation sites (tertiary alicyclic amines) is 1. The fourth-order valence-corrected chi connectivity index (χ4v) is 3.59. The van der Waals surface area contributed by atoms with Crippen molar-refractivity contribution in [3.05, 3.63) is 30.9 Å². The van der Waals surface area contributed by atoms with Crippen LogP contribution in [0.4, 0.5) is 5.69 Å². The van der Waals surface area contributed by atoms with Gasteiger partial charge in [-0.3, -0.25) is 9.48 Å². The number of hydrogen-bond acceptors (Lipinski definition) is 6. The van der Waals surface area contributed by atoms with Crippen molar-refractivity contribution in [1.82, 2.24) is 19.7 Å². The van der Waals surface area contributed by atoms with E-state index < -0.39 is 0 Å². The number of hydrogen-bond donors (Lipinski definition) is 1. The maximum atomic E-state index is 12.5. The van der Waals surface area contributed by atoms with Gasteiger partial charge in [-0.1, -0.05) is 0 Å². The molecule has 1 fully saturated rings. The number of nitrogens with zero attached hydrogens (tertiary/aromatic N) is 4. The number of anilines is 1. The maximum absolute atomic E-state index is 12.5. The van der Waals surface area contributed by atoms with Gasteiger partial charge in [0.15, 0.2) is 11.5 Å². The van der Waals surface area contributed by atoms with Crippen LogP contribution in [0.3, 0.4) is 0 Å². The summed E-state index contributed by atoms with van der Waals surface area (Å²) >= 11 is 0. The number of rotatable bonds is 6. The van der Waals surface area contributed by atoms with Crippen LogP contribution in [-0.4, -0.2) is 57.9 Å². The number of fused-ring (bicyclic) bond motifs is 1. The van der Waals surface area contributed by atoms with Crippen molar-refractivity contribution < 1.29 is 14.3 Å². The van der Waals surface area contributed by atoms with Crippen LogP contribution in [0, 0.1) is 0 Å². The van der Waals surface area contributed by atoms with Crippen LogP contribution in [0.25, 0.3) is 0 Å². The number of benzene rings is 1. The lowest BCUT2D eigenvalue weighted by atomic mass is 10.0. The highest BCUT2D eigenvalue weighted by Gasteiger charge is 2.23. The summed E-state index contributed by atoms with van der Waals surface area (Å²) in [4.78, 5) is 18.4. The smallest absolute Gasteiger partial charge is 0.222 e. The molecule has 1 N–H and O–H groups in total. The van der Waals surface area contributed by atoms with Crippen molar-refractivity contribution in [2.45, 2.75) is 38.3 Å². The van der Waals surface area contributed by atoms with Crippen LogP contribution in [0.2, 0.25) is 0 Å². The maximum Gasteiger partial charge on any atom is 0.222 e. The van der Waals surface area contributed by atoms with Crippen molar-refractivity contribution in [2.75, 3.05) is 31.6 Å². The second-order valence-corrected chi connectivity index (χ2v) is 6.94. The van der Waals surface area contributed by atoms with Crippen LogP contribution in [-0.2, 0) is 11.3 Å². The van der Waals surface area contributed by atoms with Gasteiger partial charge in [0.05, 0.1) is 0 Å². The van der Waals surface area contributed by atoms with E-state index in [4.69, 9.17) is 9.47 Å². The Balaban J connectivity index is 1.28. The molecule has 8 nitrogen and oxygen atoms in total. The van der Waals surface area contributed by atoms with Gasteiger partial charge in [0.2, 0.25) is 5.91 Å². The zero-order valence-electron chi connectivity index (χ0n) is 15.3. The van der Waals surface area contributed by atoms with E-state index in [1.54, 1.807) is 11.0 Å². The summed E-state index contributed by atoms with van der Waals surface area (Å²) < 4.78 is 13.0. The molecule has 1 unspecified atom stereocenters. The van der Waals surface area contributed by atoms with Crippen molar-refractivity contribution in [3.8, 4) is 11.5 Å². The zero-order valence-corrected chi connectivity index (χ0v) is 15.3. The first-order chi connectivity index (χ1) is 13.3. The molecular formula is C19H25N5O3. The van der Waals surface area contributed by atoms with Gasteiger partial charge >= 0.3 is 0 Å². The molecule has 8 heteroatoms. The number of carbonyl (C=O) groups excluding carboxylic acids is 1. The molecule has 0 saturated carbocycles. The number of aryl methyl sites for hydroxylation is 1. The molecule has 0 bridgehead atoms. The summed E-state index contributed by atoms with van der Waals surface area (Å²) in [5.74, 6) is 1.78. The first-order valence-electron chi connectivity index (χ1n) is 9.54. The summed E-state index contributed by atoms with van der Waals surface area (Å²) in [5, 5.41) is 7.61. The van der Waals surface area contributed by atoms with Gasteiger partial charge in [0.1, 0.15) is 25.9 Å².